The molecular weight excluding hydrogens is 200 g/mol. The Morgan fingerprint density at radius 2 is 1.94 bits per heavy atom. The maximum Gasteiger partial charge on any atom is 0.0593 e. The van der Waals surface area contributed by atoms with E-state index in [1.807, 2.05) is 0 Å². The number of ether oxygens (including phenoxy) is 1. The molecule has 0 aromatic carbocycles. The molecule has 0 fully saturated rings. The van der Waals surface area contributed by atoms with Gasteiger partial charge in [-0.25, -0.2) is 0 Å². The highest BCUT2D eigenvalue weighted by atomic mass is 16.5. The van der Waals surface area contributed by atoms with Crippen molar-refractivity contribution >= 4 is 0 Å². The van der Waals surface area contributed by atoms with E-state index in [4.69, 9.17) is 10.5 Å². The number of rotatable bonds is 9. The van der Waals surface area contributed by atoms with Crippen LogP contribution in [0, 0.1) is 5.92 Å². The molecule has 98 valence electrons. The molecule has 0 bridgehead atoms. The number of hydrogen-bond acceptors (Lipinski definition) is 3. The van der Waals surface area contributed by atoms with E-state index in [9.17, 15) is 0 Å². The van der Waals surface area contributed by atoms with Crippen molar-refractivity contribution < 1.29 is 4.74 Å². The minimum atomic E-state index is 0.113. The quantitative estimate of drug-likeness (QED) is 0.617. The molecule has 2 N–H and O–H groups in total. The predicted molar refractivity (Wildman–Crippen MR) is 70.7 cm³/mol. The molecule has 0 aromatic rings. The van der Waals surface area contributed by atoms with E-state index in [1.165, 1.54) is 0 Å². The standard InChI is InChI=1S/C13H30N2O/c1-6-13(4,11-14)15(5)8-10-16-9-7-12(2)3/h12H,6-11,14H2,1-5H3. The summed E-state index contributed by atoms with van der Waals surface area (Å²) in [6.45, 7) is 12.2. The van der Waals surface area contributed by atoms with Crippen LogP contribution in [-0.2, 0) is 4.74 Å². The summed E-state index contributed by atoms with van der Waals surface area (Å²) in [6, 6.07) is 0. The maximum absolute atomic E-state index is 5.81. The molecule has 16 heavy (non-hydrogen) atoms. The van der Waals surface area contributed by atoms with E-state index < -0.39 is 0 Å². The normalized spacial score (nSPS) is 15.8. The number of hydrogen-bond donors (Lipinski definition) is 1. The van der Waals surface area contributed by atoms with Gasteiger partial charge in [-0.1, -0.05) is 20.8 Å². The molecule has 0 saturated carbocycles. The summed E-state index contributed by atoms with van der Waals surface area (Å²) in [5.74, 6) is 0.725. The first-order chi connectivity index (χ1) is 7.46. The van der Waals surface area contributed by atoms with Crippen LogP contribution in [0.5, 0.6) is 0 Å². The van der Waals surface area contributed by atoms with Crippen LogP contribution in [0.4, 0.5) is 0 Å². The van der Waals surface area contributed by atoms with Crippen LogP contribution in [0.2, 0.25) is 0 Å². The fourth-order valence-electron chi connectivity index (χ4n) is 1.46. The second kappa shape index (κ2) is 8.04. The van der Waals surface area contributed by atoms with Gasteiger partial charge in [-0.2, -0.15) is 0 Å². The molecule has 0 rings (SSSR count). The van der Waals surface area contributed by atoms with Crippen molar-refractivity contribution in [3.8, 4) is 0 Å². The Morgan fingerprint density at radius 3 is 2.38 bits per heavy atom. The van der Waals surface area contributed by atoms with E-state index in [2.05, 4.69) is 39.6 Å². The second-order valence-electron chi connectivity index (χ2n) is 5.27. The molecule has 3 nitrogen and oxygen atoms in total. The summed E-state index contributed by atoms with van der Waals surface area (Å²) in [6.07, 6.45) is 2.22. The third kappa shape index (κ3) is 5.83. The van der Waals surface area contributed by atoms with Crippen LogP contribution in [0.1, 0.15) is 40.5 Å². The molecule has 0 amide bonds. The molecule has 1 unspecified atom stereocenters. The molecule has 0 radical (unpaired) electrons. The first-order valence-corrected chi connectivity index (χ1v) is 6.45. The van der Waals surface area contributed by atoms with Crippen molar-refractivity contribution in [2.24, 2.45) is 11.7 Å². The van der Waals surface area contributed by atoms with Crippen LogP contribution in [0.3, 0.4) is 0 Å². The van der Waals surface area contributed by atoms with Gasteiger partial charge in [0.25, 0.3) is 0 Å². The Hall–Kier alpha value is -0.120. The average molecular weight is 230 g/mol. The predicted octanol–water partition coefficient (Wildman–Crippen LogP) is 2.11. The van der Waals surface area contributed by atoms with Crippen LogP contribution in [0.15, 0.2) is 0 Å². The lowest BCUT2D eigenvalue weighted by molar-refractivity contribution is 0.0646. The Kier molecular flexibility index (Phi) is 7.98. The van der Waals surface area contributed by atoms with Gasteiger partial charge in [0.05, 0.1) is 6.61 Å². The zero-order valence-corrected chi connectivity index (χ0v) is 11.8. The Labute approximate surface area is 101 Å². The van der Waals surface area contributed by atoms with Crippen molar-refractivity contribution in [2.75, 3.05) is 33.4 Å². The van der Waals surface area contributed by atoms with E-state index >= 15 is 0 Å². The third-order valence-corrected chi connectivity index (χ3v) is 3.53. The molecule has 3 heteroatoms. The molecule has 0 aromatic heterocycles. The van der Waals surface area contributed by atoms with Crippen molar-refractivity contribution in [1.29, 1.82) is 0 Å². The van der Waals surface area contributed by atoms with Gasteiger partial charge in [0, 0.05) is 25.2 Å². The summed E-state index contributed by atoms with van der Waals surface area (Å²) < 4.78 is 5.62. The largest absolute Gasteiger partial charge is 0.380 e. The highest BCUT2D eigenvalue weighted by Crippen LogP contribution is 2.15. The van der Waals surface area contributed by atoms with E-state index in [0.717, 1.165) is 38.5 Å². The maximum atomic E-state index is 5.81. The summed E-state index contributed by atoms with van der Waals surface area (Å²) in [5, 5.41) is 0. The lowest BCUT2D eigenvalue weighted by Gasteiger charge is -2.37. The van der Waals surface area contributed by atoms with Gasteiger partial charge in [0.15, 0.2) is 0 Å². The van der Waals surface area contributed by atoms with Gasteiger partial charge in [-0.05, 0) is 32.7 Å². The topological polar surface area (TPSA) is 38.5 Å². The summed E-state index contributed by atoms with van der Waals surface area (Å²) in [5.41, 5.74) is 5.92. The van der Waals surface area contributed by atoms with Gasteiger partial charge in [0.2, 0.25) is 0 Å². The van der Waals surface area contributed by atoms with Crippen molar-refractivity contribution in [2.45, 2.75) is 46.1 Å². The molecule has 0 aliphatic rings. The zero-order chi connectivity index (χ0) is 12.6. The minimum Gasteiger partial charge on any atom is -0.380 e. The van der Waals surface area contributed by atoms with Gasteiger partial charge in [-0.3, -0.25) is 4.90 Å². The summed E-state index contributed by atoms with van der Waals surface area (Å²) >= 11 is 0. The molecule has 0 saturated heterocycles. The lowest BCUT2D eigenvalue weighted by Crippen LogP contribution is -2.50. The highest BCUT2D eigenvalue weighted by Gasteiger charge is 2.24. The molecule has 0 spiro atoms. The van der Waals surface area contributed by atoms with Gasteiger partial charge >= 0.3 is 0 Å². The third-order valence-electron chi connectivity index (χ3n) is 3.53. The SMILES string of the molecule is CCC(C)(CN)N(C)CCOCCC(C)C. The summed E-state index contributed by atoms with van der Waals surface area (Å²) in [7, 11) is 2.13. The highest BCUT2D eigenvalue weighted by molar-refractivity contribution is 4.83. The number of likely N-dealkylation sites (N-methyl/N-ethyl adjacent to an activating group) is 1. The molecular formula is C13H30N2O. The van der Waals surface area contributed by atoms with Crippen LogP contribution in [0.25, 0.3) is 0 Å². The lowest BCUT2D eigenvalue weighted by atomic mass is 9.97. The Balaban J connectivity index is 3.68. The average Bonchev–Trinajstić information content (AvgIpc) is 2.26. The zero-order valence-electron chi connectivity index (χ0n) is 11.8. The van der Waals surface area contributed by atoms with Crippen molar-refractivity contribution in [1.82, 2.24) is 4.90 Å². The first-order valence-electron chi connectivity index (χ1n) is 6.45. The molecule has 0 aliphatic carbocycles. The molecule has 1 atom stereocenters. The Bertz CT molecular complexity index is 167. The molecule has 0 aliphatic heterocycles. The van der Waals surface area contributed by atoms with E-state index in [1.54, 1.807) is 0 Å². The van der Waals surface area contributed by atoms with Crippen LogP contribution < -0.4 is 5.73 Å². The second-order valence-corrected chi connectivity index (χ2v) is 5.27. The van der Waals surface area contributed by atoms with Gasteiger partial charge in [0.1, 0.15) is 0 Å². The smallest absolute Gasteiger partial charge is 0.0593 e. The van der Waals surface area contributed by atoms with Gasteiger partial charge in [-0.15, -0.1) is 0 Å². The van der Waals surface area contributed by atoms with Crippen LogP contribution in [-0.4, -0.2) is 43.8 Å². The monoisotopic (exact) mass is 230 g/mol. The van der Waals surface area contributed by atoms with Crippen molar-refractivity contribution in [3.63, 3.8) is 0 Å². The summed E-state index contributed by atoms with van der Waals surface area (Å²) in [4.78, 5) is 2.31. The van der Waals surface area contributed by atoms with E-state index in [0.29, 0.717) is 6.54 Å². The van der Waals surface area contributed by atoms with Gasteiger partial charge < -0.3 is 10.5 Å². The van der Waals surface area contributed by atoms with Crippen LogP contribution >= 0.6 is 0 Å². The fourth-order valence-corrected chi connectivity index (χ4v) is 1.46. The molecule has 0 heterocycles. The van der Waals surface area contributed by atoms with E-state index in [-0.39, 0.29) is 5.54 Å². The fraction of sp³-hybridized carbons (Fsp3) is 1.00. The Morgan fingerprint density at radius 1 is 1.31 bits per heavy atom. The number of nitrogens with two attached hydrogens (primary N) is 1. The first kappa shape index (κ1) is 15.9. The minimum absolute atomic E-state index is 0.113. The van der Waals surface area contributed by atoms with Crippen molar-refractivity contribution in [3.05, 3.63) is 0 Å². The number of nitrogens with zero attached hydrogens (tertiary/aromatic N) is 1.